The maximum atomic E-state index is 12.3. The highest BCUT2D eigenvalue weighted by Gasteiger charge is 2.13. The van der Waals surface area contributed by atoms with Gasteiger partial charge in [-0.1, -0.05) is 29.8 Å². The number of furan rings is 1. The molecule has 1 heterocycles. The van der Waals surface area contributed by atoms with Gasteiger partial charge in [0.1, 0.15) is 5.76 Å². The Hall–Kier alpha value is -2.81. The van der Waals surface area contributed by atoms with Crippen LogP contribution >= 0.6 is 11.8 Å². The molecule has 3 aromatic rings. The number of amides is 1. The summed E-state index contributed by atoms with van der Waals surface area (Å²) < 4.78 is 32.3. The molecule has 1 aromatic heterocycles. The lowest BCUT2D eigenvalue weighted by atomic mass is 10.2. The molecule has 6 nitrogen and oxygen atoms in total. The van der Waals surface area contributed by atoms with Crippen molar-refractivity contribution in [2.24, 2.45) is 0 Å². The van der Waals surface area contributed by atoms with Gasteiger partial charge in [-0.05, 0) is 55.0 Å². The Kier molecular flexibility index (Phi) is 8.11. The average Bonchev–Trinajstić information content (AvgIpc) is 3.29. The van der Waals surface area contributed by atoms with Gasteiger partial charge in [-0.25, -0.2) is 13.1 Å². The minimum Gasteiger partial charge on any atom is -0.468 e. The topological polar surface area (TPSA) is 88.4 Å². The van der Waals surface area contributed by atoms with Crippen molar-refractivity contribution in [2.45, 2.75) is 23.3 Å². The van der Waals surface area contributed by atoms with E-state index in [1.165, 1.54) is 34.9 Å². The second-order valence-electron chi connectivity index (χ2n) is 6.76. The first-order valence-corrected chi connectivity index (χ1v) is 12.2. The van der Waals surface area contributed by atoms with E-state index in [1.807, 2.05) is 6.92 Å². The van der Waals surface area contributed by atoms with Crippen LogP contribution < -0.4 is 10.0 Å². The fraction of sp³-hybridized carbons (Fsp3) is 0.174. The first-order chi connectivity index (χ1) is 14.9. The number of rotatable bonds is 10. The van der Waals surface area contributed by atoms with Crippen LogP contribution in [-0.2, 0) is 21.4 Å². The van der Waals surface area contributed by atoms with Crippen molar-refractivity contribution in [1.29, 1.82) is 0 Å². The molecule has 0 bridgehead atoms. The standard InChI is InChI=1S/C23H24N2O4S2/c1-18-4-9-21(10-5-18)30-16-14-24-23(26)13-8-19-6-11-22(12-7-19)31(27,28)25-17-20-3-2-15-29-20/h2-13,15,25H,14,16-17H2,1H3,(H,24,26)/b13-8+. The number of benzene rings is 2. The lowest BCUT2D eigenvalue weighted by Gasteiger charge is -2.06. The van der Waals surface area contributed by atoms with Crippen LogP contribution in [0.15, 0.2) is 87.2 Å². The van der Waals surface area contributed by atoms with E-state index < -0.39 is 10.0 Å². The van der Waals surface area contributed by atoms with Gasteiger partial charge in [0.05, 0.1) is 17.7 Å². The third-order valence-corrected chi connectivity index (χ3v) is 6.76. The molecule has 0 aliphatic carbocycles. The summed E-state index contributed by atoms with van der Waals surface area (Å²) in [4.78, 5) is 13.3. The normalized spacial score (nSPS) is 11.6. The van der Waals surface area contributed by atoms with Crippen LogP contribution in [0, 0.1) is 6.92 Å². The van der Waals surface area contributed by atoms with Crippen LogP contribution in [0.1, 0.15) is 16.9 Å². The zero-order valence-electron chi connectivity index (χ0n) is 17.1. The van der Waals surface area contributed by atoms with E-state index in [0.717, 1.165) is 11.3 Å². The van der Waals surface area contributed by atoms with Crippen molar-refractivity contribution in [1.82, 2.24) is 10.0 Å². The molecule has 2 aromatic carbocycles. The molecule has 3 rings (SSSR count). The van der Waals surface area contributed by atoms with Gasteiger partial charge < -0.3 is 9.73 Å². The maximum absolute atomic E-state index is 12.3. The van der Waals surface area contributed by atoms with E-state index in [1.54, 1.807) is 42.1 Å². The van der Waals surface area contributed by atoms with E-state index in [2.05, 4.69) is 34.3 Å². The van der Waals surface area contributed by atoms with Crippen LogP contribution in [0.4, 0.5) is 0 Å². The Bertz CT molecular complexity index is 1110. The summed E-state index contributed by atoms with van der Waals surface area (Å²) in [7, 11) is -3.64. The summed E-state index contributed by atoms with van der Waals surface area (Å²) in [5.41, 5.74) is 1.95. The molecule has 0 fully saturated rings. The molecular weight excluding hydrogens is 432 g/mol. The van der Waals surface area contributed by atoms with Crippen molar-refractivity contribution < 1.29 is 17.6 Å². The summed E-state index contributed by atoms with van der Waals surface area (Å²) >= 11 is 1.68. The number of aryl methyl sites for hydroxylation is 1. The van der Waals surface area contributed by atoms with Crippen molar-refractivity contribution in [3.05, 3.63) is 89.9 Å². The molecule has 0 aliphatic heterocycles. The molecule has 162 valence electrons. The van der Waals surface area contributed by atoms with Crippen LogP contribution in [0.25, 0.3) is 6.08 Å². The quantitative estimate of drug-likeness (QED) is 0.274. The number of hydrogen-bond acceptors (Lipinski definition) is 5. The Labute approximate surface area is 186 Å². The fourth-order valence-electron chi connectivity index (χ4n) is 2.63. The summed E-state index contributed by atoms with van der Waals surface area (Å²) in [6.07, 6.45) is 4.58. The molecule has 0 saturated carbocycles. The summed E-state index contributed by atoms with van der Waals surface area (Å²) in [6.45, 7) is 2.69. The Morgan fingerprint density at radius 2 is 1.81 bits per heavy atom. The molecule has 0 aliphatic rings. The van der Waals surface area contributed by atoms with Gasteiger partial charge in [-0.15, -0.1) is 11.8 Å². The second-order valence-corrected chi connectivity index (χ2v) is 9.69. The molecule has 31 heavy (non-hydrogen) atoms. The molecule has 0 radical (unpaired) electrons. The minimum absolute atomic E-state index is 0.0827. The SMILES string of the molecule is Cc1ccc(SCCNC(=O)/C=C/c2ccc(S(=O)(=O)NCc3ccco3)cc2)cc1. The second kappa shape index (κ2) is 11.0. The largest absolute Gasteiger partial charge is 0.468 e. The summed E-state index contributed by atoms with van der Waals surface area (Å²) in [6, 6.07) is 18.0. The molecule has 0 spiro atoms. The highest BCUT2D eigenvalue weighted by atomic mass is 32.2. The van der Waals surface area contributed by atoms with Crippen molar-refractivity contribution >= 4 is 33.8 Å². The number of nitrogens with one attached hydrogen (secondary N) is 2. The van der Waals surface area contributed by atoms with Crippen molar-refractivity contribution in [3.8, 4) is 0 Å². The maximum Gasteiger partial charge on any atom is 0.244 e. The van der Waals surface area contributed by atoms with Gasteiger partial charge in [-0.2, -0.15) is 0 Å². The van der Waals surface area contributed by atoms with Crippen molar-refractivity contribution in [2.75, 3.05) is 12.3 Å². The molecule has 0 saturated heterocycles. The average molecular weight is 457 g/mol. The number of sulfonamides is 1. The Morgan fingerprint density at radius 3 is 2.48 bits per heavy atom. The monoisotopic (exact) mass is 456 g/mol. The lowest BCUT2D eigenvalue weighted by Crippen LogP contribution is -2.23. The van der Waals surface area contributed by atoms with Crippen LogP contribution in [0.3, 0.4) is 0 Å². The van der Waals surface area contributed by atoms with Crippen molar-refractivity contribution in [3.63, 3.8) is 0 Å². The molecule has 2 N–H and O–H groups in total. The van der Waals surface area contributed by atoms with Crippen LogP contribution in [-0.4, -0.2) is 26.6 Å². The summed E-state index contributed by atoms with van der Waals surface area (Å²) in [5, 5.41) is 2.84. The van der Waals surface area contributed by atoms with E-state index in [-0.39, 0.29) is 17.3 Å². The van der Waals surface area contributed by atoms with Gasteiger partial charge in [0.25, 0.3) is 0 Å². The third kappa shape index (κ3) is 7.43. The Balaban J connectivity index is 1.43. The van der Waals surface area contributed by atoms with E-state index in [9.17, 15) is 13.2 Å². The predicted octanol–water partition coefficient (Wildman–Crippen LogP) is 3.99. The van der Waals surface area contributed by atoms with E-state index in [4.69, 9.17) is 4.42 Å². The number of hydrogen-bond donors (Lipinski definition) is 2. The molecular formula is C23H24N2O4S2. The first kappa shape index (κ1) is 22.9. The number of thioether (sulfide) groups is 1. The minimum atomic E-state index is -3.64. The van der Waals surface area contributed by atoms with E-state index in [0.29, 0.717) is 12.3 Å². The lowest BCUT2D eigenvalue weighted by molar-refractivity contribution is -0.116. The Morgan fingerprint density at radius 1 is 1.06 bits per heavy atom. The fourth-order valence-corrected chi connectivity index (χ4v) is 4.39. The van der Waals surface area contributed by atoms with Gasteiger partial charge in [-0.3, -0.25) is 4.79 Å². The first-order valence-electron chi connectivity index (χ1n) is 9.70. The third-order valence-electron chi connectivity index (χ3n) is 4.33. The molecule has 1 amide bonds. The molecule has 0 atom stereocenters. The van der Waals surface area contributed by atoms with Gasteiger partial charge in [0, 0.05) is 23.3 Å². The predicted molar refractivity (Wildman–Crippen MR) is 123 cm³/mol. The zero-order valence-corrected chi connectivity index (χ0v) is 18.7. The van der Waals surface area contributed by atoms with Gasteiger partial charge in [0.2, 0.25) is 15.9 Å². The zero-order chi connectivity index (χ0) is 22.1. The molecule has 8 heteroatoms. The van der Waals surface area contributed by atoms with E-state index >= 15 is 0 Å². The number of carbonyl (C=O) groups is 1. The highest BCUT2D eigenvalue weighted by molar-refractivity contribution is 7.99. The number of carbonyl (C=O) groups excluding carboxylic acids is 1. The summed E-state index contributed by atoms with van der Waals surface area (Å²) in [5.74, 6) is 1.12. The molecule has 0 unspecified atom stereocenters. The van der Waals surface area contributed by atoms with Gasteiger partial charge in [0.15, 0.2) is 0 Å². The van der Waals surface area contributed by atoms with Gasteiger partial charge >= 0.3 is 0 Å². The van der Waals surface area contributed by atoms with Crippen LogP contribution in [0.2, 0.25) is 0 Å². The highest BCUT2D eigenvalue weighted by Crippen LogP contribution is 2.17. The smallest absolute Gasteiger partial charge is 0.244 e. The van der Waals surface area contributed by atoms with Crippen LogP contribution in [0.5, 0.6) is 0 Å².